The highest BCUT2D eigenvalue weighted by molar-refractivity contribution is 7.12. The number of aliphatic hydroxyl groups is 2. The third-order valence-corrected chi connectivity index (χ3v) is 2.80. The fraction of sp³-hybridized carbons (Fsp3) is 0.231. The summed E-state index contributed by atoms with van der Waals surface area (Å²) in [5, 5.41) is 18.1. The topological polar surface area (TPSA) is 40.5 Å². The Morgan fingerprint density at radius 2 is 2.25 bits per heavy atom. The van der Waals surface area contributed by atoms with E-state index in [1.807, 2.05) is 19.1 Å². The van der Waals surface area contributed by atoms with Crippen LogP contribution in [0.4, 0.5) is 0 Å². The van der Waals surface area contributed by atoms with E-state index >= 15 is 0 Å². The van der Waals surface area contributed by atoms with Gasteiger partial charge in [0.05, 0.1) is 11.5 Å². The zero-order valence-electron chi connectivity index (χ0n) is 8.90. The maximum atomic E-state index is 9.36. The molecular formula is C13H12O2S. The van der Waals surface area contributed by atoms with Crippen LogP contribution < -0.4 is 0 Å². The summed E-state index contributed by atoms with van der Waals surface area (Å²) in [6, 6.07) is 3.57. The number of aliphatic hydroxyl groups excluding tert-OH is 2. The van der Waals surface area contributed by atoms with Gasteiger partial charge in [0.1, 0.15) is 6.10 Å². The van der Waals surface area contributed by atoms with E-state index in [2.05, 4.69) is 23.7 Å². The van der Waals surface area contributed by atoms with Crippen molar-refractivity contribution < 1.29 is 10.2 Å². The number of hydrogen-bond donors (Lipinski definition) is 2. The lowest BCUT2D eigenvalue weighted by Crippen LogP contribution is -1.98. The van der Waals surface area contributed by atoms with Gasteiger partial charge in [-0.1, -0.05) is 12.0 Å². The lowest BCUT2D eigenvalue weighted by Gasteiger charge is -2.00. The molecule has 0 saturated carbocycles. The molecule has 0 unspecified atom stereocenters. The first-order chi connectivity index (χ1) is 7.77. The lowest BCUT2D eigenvalue weighted by atomic mass is 10.3. The van der Waals surface area contributed by atoms with Gasteiger partial charge in [-0.25, -0.2) is 0 Å². The number of thiophene rings is 1. The van der Waals surface area contributed by atoms with Crippen molar-refractivity contribution in [2.24, 2.45) is 0 Å². The minimum atomic E-state index is -0.811. The van der Waals surface area contributed by atoms with Gasteiger partial charge in [0.25, 0.3) is 0 Å². The SMILES string of the molecule is CC=CC#CC#Cc1ccc([C@@H](O)CO)s1. The van der Waals surface area contributed by atoms with Crippen LogP contribution in [0.2, 0.25) is 0 Å². The average Bonchev–Trinajstić information content (AvgIpc) is 2.76. The van der Waals surface area contributed by atoms with Gasteiger partial charge in [0.2, 0.25) is 0 Å². The van der Waals surface area contributed by atoms with Gasteiger partial charge in [0.15, 0.2) is 0 Å². The van der Waals surface area contributed by atoms with E-state index in [0.717, 1.165) is 4.88 Å². The molecule has 0 aromatic carbocycles. The number of rotatable bonds is 2. The van der Waals surface area contributed by atoms with E-state index in [4.69, 9.17) is 5.11 Å². The second-order valence-corrected chi connectivity index (χ2v) is 4.04. The Morgan fingerprint density at radius 3 is 2.94 bits per heavy atom. The minimum absolute atomic E-state index is 0.269. The van der Waals surface area contributed by atoms with E-state index in [0.29, 0.717) is 4.88 Å². The van der Waals surface area contributed by atoms with Crippen LogP contribution in [0.1, 0.15) is 22.8 Å². The Balaban J connectivity index is 2.69. The van der Waals surface area contributed by atoms with Crippen LogP contribution in [0.5, 0.6) is 0 Å². The fourth-order valence-electron chi connectivity index (χ4n) is 0.943. The summed E-state index contributed by atoms with van der Waals surface area (Å²) in [7, 11) is 0. The molecular weight excluding hydrogens is 220 g/mol. The number of allylic oxidation sites excluding steroid dienone is 2. The van der Waals surface area contributed by atoms with Crippen LogP contribution >= 0.6 is 11.3 Å². The molecule has 3 heteroatoms. The smallest absolute Gasteiger partial charge is 0.111 e. The van der Waals surface area contributed by atoms with Crippen LogP contribution in [0, 0.1) is 23.7 Å². The van der Waals surface area contributed by atoms with Gasteiger partial charge in [-0.2, -0.15) is 0 Å². The van der Waals surface area contributed by atoms with Crippen molar-refractivity contribution in [2.75, 3.05) is 6.61 Å². The summed E-state index contributed by atoms with van der Waals surface area (Å²) in [6.07, 6.45) is 2.76. The first-order valence-corrected chi connectivity index (χ1v) is 5.61. The molecule has 0 radical (unpaired) electrons. The van der Waals surface area contributed by atoms with Crippen LogP contribution in [0.3, 0.4) is 0 Å². The van der Waals surface area contributed by atoms with Crippen molar-refractivity contribution in [3.8, 4) is 23.7 Å². The molecule has 2 nitrogen and oxygen atoms in total. The first kappa shape index (κ1) is 12.5. The van der Waals surface area contributed by atoms with Crippen molar-refractivity contribution >= 4 is 11.3 Å². The molecule has 2 N–H and O–H groups in total. The Labute approximate surface area is 99.3 Å². The van der Waals surface area contributed by atoms with Crippen LogP contribution in [-0.2, 0) is 0 Å². The third-order valence-electron chi connectivity index (χ3n) is 1.70. The first-order valence-electron chi connectivity index (χ1n) is 4.79. The predicted octanol–water partition coefficient (Wildman–Crippen LogP) is 1.70. The molecule has 1 atom stereocenters. The largest absolute Gasteiger partial charge is 0.393 e. The zero-order chi connectivity index (χ0) is 11.8. The highest BCUT2D eigenvalue weighted by Crippen LogP contribution is 2.22. The van der Waals surface area contributed by atoms with Gasteiger partial charge in [-0.3, -0.25) is 0 Å². The Hall–Kier alpha value is -1.52. The fourth-order valence-corrected chi connectivity index (χ4v) is 1.78. The van der Waals surface area contributed by atoms with Crippen LogP contribution in [0.15, 0.2) is 24.3 Å². The molecule has 82 valence electrons. The number of hydrogen-bond acceptors (Lipinski definition) is 3. The van der Waals surface area contributed by atoms with Gasteiger partial charge < -0.3 is 10.2 Å². The van der Waals surface area contributed by atoms with Crippen LogP contribution in [-0.4, -0.2) is 16.8 Å². The molecule has 1 heterocycles. The summed E-state index contributed by atoms with van der Waals surface area (Å²) < 4.78 is 0. The molecule has 0 bridgehead atoms. The van der Waals surface area contributed by atoms with E-state index < -0.39 is 6.10 Å². The monoisotopic (exact) mass is 232 g/mol. The summed E-state index contributed by atoms with van der Waals surface area (Å²) in [5.41, 5.74) is 0. The third kappa shape index (κ3) is 3.92. The summed E-state index contributed by atoms with van der Waals surface area (Å²) >= 11 is 1.36. The van der Waals surface area contributed by atoms with Crippen LogP contribution in [0.25, 0.3) is 0 Å². The summed E-state index contributed by atoms with van der Waals surface area (Å²) in [6.45, 7) is 1.62. The maximum absolute atomic E-state index is 9.36. The Morgan fingerprint density at radius 1 is 1.44 bits per heavy atom. The van der Waals surface area contributed by atoms with E-state index in [-0.39, 0.29) is 6.61 Å². The summed E-state index contributed by atoms with van der Waals surface area (Å²) in [5.74, 6) is 11.0. The molecule has 1 aromatic rings. The molecule has 1 aromatic heterocycles. The quantitative estimate of drug-likeness (QED) is 0.762. The van der Waals surface area contributed by atoms with Gasteiger partial charge in [-0.05, 0) is 42.9 Å². The molecule has 16 heavy (non-hydrogen) atoms. The van der Waals surface area contributed by atoms with Crippen molar-refractivity contribution in [1.82, 2.24) is 0 Å². The van der Waals surface area contributed by atoms with E-state index in [1.54, 1.807) is 12.1 Å². The molecule has 0 amide bonds. The Kier molecular flexibility index (Phi) is 5.39. The van der Waals surface area contributed by atoms with Gasteiger partial charge >= 0.3 is 0 Å². The van der Waals surface area contributed by atoms with Gasteiger partial charge in [0, 0.05) is 4.88 Å². The van der Waals surface area contributed by atoms with Crippen molar-refractivity contribution in [1.29, 1.82) is 0 Å². The lowest BCUT2D eigenvalue weighted by molar-refractivity contribution is 0.0984. The second-order valence-electron chi connectivity index (χ2n) is 2.92. The minimum Gasteiger partial charge on any atom is -0.393 e. The molecule has 1 rings (SSSR count). The van der Waals surface area contributed by atoms with Gasteiger partial charge in [-0.15, -0.1) is 11.3 Å². The highest BCUT2D eigenvalue weighted by atomic mass is 32.1. The standard InChI is InChI=1S/C13H12O2S/c1-2-3-4-5-6-7-11-8-9-13(16-11)12(15)10-14/h2-3,8-9,12,14-15H,10H2,1H3/t12-/m0/s1. The van der Waals surface area contributed by atoms with Crippen molar-refractivity contribution in [3.63, 3.8) is 0 Å². The highest BCUT2D eigenvalue weighted by Gasteiger charge is 2.07. The second kappa shape index (κ2) is 6.87. The Bertz CT molecular complexity index is 477. The predicted molar refractivity (Wildman–Crippen MR) is 65.8 cm³/mol. The molecule has 0 aliphatic rings. The van der Waals surface area contributed by atoms with Crippen molar-refractivity contribution in [2.45, 2.75) is 13.0 Å². The zero-order valence-corrected chi connectivity index (χ0v) is 9.71. The summed E-state index contributed by atoms with van der Waals surface area (Å²) in [4.78, 5) is 1.55. The molecule has 0 saturated heterocycles. The maximum Gasteiger partial charge on any atom is 0.111 e. The molecule has 0 spiro atoms. The normalized spacial score (nSPS) is 11.4. The average molecular weight is 232 g/mol. The molecule has 0 aliphatic carbocycles. The van der Waals surface area contributed by atoms with E-state index in [1.165, 1.54) is 11.3 Å². The van der Waals surface area contributed by atoms with Crippen molar-refractivity contribution in [3.05, 3.63) is 34.0 Å². The molecule has 0 fully saturated rings. The molecule has 0 aliphatic heterocycles. The van der Waals surface area contributed by atoms with E-state index in [9.17, 15) is 5.11 Å².